The molecule has 1 aliphatic carbocycles. The van der Waals surface area contributed by atoms with Crippen LogP contribution in [0, 0.1) is 0 Å². The number of carboxylic acid groups (broad SMARTS) is 1. The molecule has 2 aromatic carbocycles. The number of benzene rings is 2. The lowest BCUT2D eigenvalue weighted by atomic mass is 9.98. The summed E-state index contributed by atoms with van der Waals surface area (Å²) in [5, 5.41) is 13.0. The van der Waals surface area contributed by atoms with E-state index in [2.05, 4.69) is 5.32 Å². The second kappa shape index (κ2) is 11.2. The van der Waals surface area contributed by atoms with Crippen LogP contribution in [-0.2, 0) is 14.3 Å². The van der Waals surface area contributed by atoms with Gasteiger partial charge >= 0.3 is 18.2 Å². The summed E-state index contributed by atoms with van der Waals surface area (Å²) in [6.07, 6.45) is -7.19. The number of hydrogen-bond acceptors (Lipinski definition) is 4. The lowest BCUT2D eigenvalue weighted by Gasteiger charge is -2.23. The fraction of sp³-hybridized carbons (Fsp3) is 0.400. The van der Waals surface area contributed by atoms with Crippen molar-refractivity contribution in [3.8, 4) is 11.1 Å². The van der Waals surface area contributed by atoms with Crippen molar-refractivity contribution in [1.82, 2.24) is 10.6 Å². The molecule has 2 atom stereocenters. The van der Waals surface area contributed by atoms with E-state index in [1.807, 2.05) is 53.8 Å². The van der Waals surface area contributed by atoms with E-state index in [1.165, 1.54) is 0 Å². The Morgan fingerprint density at radius 2 is 1.57 bits per heavy atom. The van der Waals surface area contributed by atoms with E-state index in [-0.39, 0.29) is 18.9 Å². The highest BCUT2D eigenvalue weighted by Crippen LogP contribution is 2.44. The van der Waals surface area contributed by atoms with Gasteiger partial charge in [0.1, 0.15) is 12.6 Å². The van der Waals surface area contributed by atoms with Crippen molar-refractivity contribution in [3.63, 3.8) is 0 Å². The molecular weight excluding hydrogens is 465 g/mol. The summed E-state index contributed by atoms with van der Waals surface area (Å²) >= 11 is 0. The van der Waals surface area contributed by atoms with Crippen LogP contribution in [0.3, 0.4) is 0 Å². The van der Waals surface area contributed by atoms with Gasteiger partial charge < -0.3 is 20.5 Å². The van der Waals surface area contributed by atoms with E-state index < -0.39 is 55.5 Å². The summed E-state index contributed by atoms with van der Waals surface area (Å²) in [6.45, 7) is 1.74. The molecule has 0 aliphatic heterocycles. The number of ether oxygens (including phenoxy) is 1. The second-order valence-corrected chi connectivity index (χ2v) is 8.37. The molecule has 0 aromatic heterocycles. The molecule has 0 heterocycles. The van der Waals surface area contributed by atoms with Crippen molar-refractivity contribution < 1.29 is 37.4 Å². The number of carboxylic acids is 1. The molecule has 0 fully saturated rings. The minimum absolute atomic E-state index is 0.0633. The quantitative estimate of drug-likeness (QED) is 0.450. The monoisotopic (exact) mass is 492 g/mol. The van der Waals surface area contributed by atoms with Gasteiger partial charge in [0.05, 0.1) is 0 Å². The number of aliphatic carboxylic acids is 1. The van der Waals surface area contributed by atoms with Crippen LogP contribution in [-0.4, -0.2) is 47.9 Å². The van der Waals surface area contributed by atoms with Crippen molar-refractivity contribution in [1.29, 1.82) is 0 Å². The molecule has 35 heavy (non-hydrogen) atoms. The molecule has 0 unspecified atom stereocenters. The van der Waals surface area contributed by atoms with Gasteiger partial charge in [-0.1, -0.05) is 55.5 Å². The molecule has 1 aliphatic rings. The first-order chi connectivity index (χ1) is 16.6. The number of nitrogens with one attached hydrogen (secondary N) is 2. The number of fused-ring (bicyclic) bond motifs is 3. The van der Waals surface area contributed by atoms with Gasteiger partial charge in [0.2, 0.25) is 5.91 Å². The molecule has 3 rings (SSSR count). The third-order valence-electron chi connectivity index (χ3n) is 5.97. The predicted molar refractivity (Wildman–Crippen MR) is 122 cm³/mol. The van der Waals surface area contributed by atoms with Gasteiger partial charge in [0, 0.05) is 24.8 Å². The Morgan fingerprint density at radius 1 is 1.00 bits per heavy atom. The average Bonchev–Trinajstić information content (AvgIpc) is 3.13. The SMILES string of the molecule is CC[C@@H](CC(=O)N[C@@H](CCC(=O)O)C(F)(F)F)NC(=O)OCC1c2ccccc2-c2ccccc21. The maximum Gasteiger partial charge on any atom is 0.408 e. The topological polar surface area (TPSA) is 105 Å². The molecule has 0 spiro atoms. The molecule has 3 N–H and O–H groups in total. The van der Waals surface area contributed by atoms with Crippen LogP contribution in [0.2, 0.25) is 0 Å². The summed E-state index contributed by atoms with van der Waals surface area (Å²) in [6, 6.07) is 12.6. The number of rotatable bonds is 10. The van der Waals surface area contributed by atoms with E-state index in [0.717, 1.165) is 22.3 Å². The third-order valence-corrected chi connectivity index (χ3v) is 5.97. The summed E-state index contributed by atoms with van der Waals surface area (Å²) < 4.78 is 44.8. The van der Waals surface area contributed by atoms with Gasteiger partial charge in [-0.3, -0.25) is 9.59 Å². The third kappa shape index (κ3) is 6.74. The molecule has 0 bridgehead atoms. The van der Waals surface area contributed by atoms with Gasteiger partial charge in [-0.05, 0) is 35.1 Å². The summed E-state index contributed by atoms with van der Waals surface area (Å²) in [5.74, 6) is -2.49. The lowest BCUT2D eigenvalue weighted by Crippen LogP contribution is -2.48. The average molecular weight is 492 g/mol. The van der Waals surface area contributed by atoms with Gasteiger partial charge in [-0.15, -0.1) is 0 Å². The molecule has 0 saturated heterocycles. The minimum Gasteiger partial charge on any atom is -0.481 e. The summed E-state index contributed by atoms with van der Waals surface area (Å²) in [7, 11) is 0. The Kier molecular flexibility index (Phi) is 8.37. The van der Waals surface area contributed by atoms with E-state index in [1.54, 1.807) is 6.92 Å². The van der Waals surface area contributed by atoms with Crippen molar-refractivity contribution in [2.75, 3.05) is 6.61 Å². The smallest absolute Gasteiger partial charge is 0.408 e. The van der Waals surface area contributed by atoms with E-state index in [4.69, 9.17) is 9.84 Å². The van der Waals surface area contributed by atoms with Crippen LogP contribution in [0.4, 0.5) is 18.0 Å². The Balaban J connectivity index is 1.55. The minimum atomic E-state index is -4.78. The van der Waals surface area contributed by atoms with E-state index in [0.29, 0.717) is 0 Å². The first-order valence-corrected chi connectivity index (χ1v) is 11.3. The number of carbonyl (C=O) groups excluding carboxylic acids is 2. The Morgan fingerprint density at radius 3 is 2.09 bits per heavy atom. The summed E-state index contributed by atoms with van der Waals surface area (Å²) in [4.78, 5) is 35.2. The second-order valence-electron chi connectivity index (χ2n) is 8.37. The van der Waals surface area contributed by atoms with Crippen LogP contribution in [0.1, 0.15) is 49.7 Å². The Bertz CT molecular complexity index is 1030. The highest BCUT2D eigenvalue weighted by atomic mass is 19.4. The highest BCUT2D eigenvalue weighted by molar-refractivity contribution is 5.80. The van der Waals surface area contributed by atoms with Gasteiger partial charge in [-0.25, -0.2) is 4.79 Å². The summed E-state index contributed by atoms with van der Waals surface area (Å²) in [5.41, 5.74) is 4.21. The van der Waals surface area contributed by atoms with Crippen LogP contribution in [0.15, 0.2) is 48.5 Å². The standard InChI is InChI=1S/C25H27F3N2O5/c1-2-15(13-22(31)30-21(25(26,27)28)11-12-23(32)33)29-24(34)35-14-20-18-9-5-3-7-16(18)17-8-4-6-10-19(17)20/h3-10,15,20-21H,2,11-14H2,1H3,(H,29,34)(H,30,31)(H,32,33)/t15-,21-/m0/s1. The van der Waals surface area contributed by atoms with Crippen LogP contribution in [0.5, 0.6) is 0 Å². The first-order valence-electron chi connectivity index (χ1n) is 11.3. The number of alkyl halides is 3. The molecule has 2 amide bonds. The zero-order chi connectivity index (χ0) is 25.6. The fourth-order valence-electron chi connectivity index (χ4n) is 4.17. The van der Waals surface area contributed by atoms with Crippen molar-refractivity contribution in [3.05, 3.63) is 59.7 Å². The zero-order valence-electron chi connectivity index (χ0n) is 19.1. The van der Waals surface area contributed by atoms with Crippen molar-refractivity contribution >= 4 is 18.0 Å². The molecule has 188 valence electrons. The van der Waals surface area contributed by atoms with Crippen molar-refractivity contribution in [2.45, 2.75) is 56.8 Å². The normalized spacial score (nSPS) is 14.4. The number of carbonyl (C=O) groups is 3. The first kappa shape index (κ1) is 26.1. The molecule has 10 heteroatoms. The molecular formula is C25H27F3N2O5. The number of amides is 2. The zero-order valence-corrected chi connectivity index (χ0v) is 19.1. The molecule has 0 radical (unpaired) electrons. The number of alkyl carbamates (subject to hydrolysis) is 1. The van der Waals surface area contributed by atoms with E-state index in [9.17, 15) is 27.6 Å². The largest absolute Gasteiger partial charge is 0.481 e. The fourth-order valence-corrected chi connectivity index (χ4v) is 4.17. The number of halogens is 3. The molecule has 2 aromatic rings. The highest BCUT2D eigenvalue weighted by Gasteiger charge is 2.40. The van der Waals surface area contributed by atoms with E-state index >= 15 is 0 Å². The van der Waals surface area contributed by atoms with Crippen LogP contribution < -0.4 is 10.6 Å². The Hall–Kier alpha value is -3.56. The van der Waals surface area contributed by atoms with Crippen LogP contribution in [0.25, 0.3) is 11.1 Å². The van der Waals surface area contributed by atoms with Gasteiger partial charge in [0.25, 0.3) is 0 Å². The number of hydrogen-bond donors (Lipinski definition) is 3. The molecule has 7 nitrogen and oxygen atoms in total. The molecule has 0 saturated carbocycles. The Labute approximate surface area is 200 Å². The predicted octanol–water partition coefficient (Wildman–Crippen LogP) is 4.61. The van der Waals surface area contributed by atoms with Crippen LogP contribution >= 0.6 is 0 Å². The van der Waals surface area contributed by atoms with Gasteiger partial charge in [-0.2, -0.15) is 13.2 Å². The van der Waals surface area contributed by atoms with Gasteiger partial charge in [0.15, 0.2) is 0 Å². The maximum atomic E-state index is 13.1. The lowest BCUT2D eigenvalue weighted by molar-refractivity contribution is -0.164. The van der Waals surface area contributed by atoms with Crippen molar-refractivity contribution in [2.24, 2.45) is 0 Å². The maximum absolute atomic E-state index is 13.1.